The zero-order valence-electron chi connectivity index (χ0n) is 20.2. The third-order valence-corrected chi connectivity index (χ3v) is 5.91. The molecular weight excluding hydrogens is 452 g/mol. The highest BCUT2D eigenvalue weighted by Gasteiger charge is 2.38. The molecule has 0 fully saturated rings. The van der Waals surface area contributed by atoms with Crippen molar-refractivity contribution in [2.75, 3.05) is 14.2 Å². The second-order valence-corrected chi connectivity index (χ2v) is 8.24. The molecule has 0 bridgehead atoms. The molecule has 0 aliphatic carbocycles. The van der Waals surface area contributed by atoms with E-state index < -0.39 is 12.1 Å². The Hall–Kier alpha value is -4.58. The van der Waals surface area contributed by atoms with Crippen molar-refractivity contribution >= 4 is 12.4 Å². The molecule has 0 heterocycles. The number of hydrogen-bond acceptors (Lipinski definition) is 4. The number of rotatable bonds is 9. The smallest absolute Gasteiger partial charge is 0.254 e. The lowest BCUT2D eigenvalue weighted by molar-refractivity contribution is -0.605. The minimum absolute atomic E-state index is 0.700. The van der Waals surface area contributed by atoms with E-state index in [2.05, 4.69) is 0 Å². The van der Waals surface area contributed by atoms with E-state index in [1.807, 2.05) is 84.9 Å². The molecule has 0 aliphatic rings. The van der Waals surface area contributed by atoms with Crippen LogP contribution in [0.4, 0.5) is 0 Å². The van der Waals surface area contributed by atoms with Gasteiger partial charge in [0, 0.05) is 22.3 Å². The van der Waals surface area contributed by atoms with Gasteiger partial charge in [-0.1, -0.05) is 60.7 Å². The topological polar surface area (TPSA) is 70.6 Å². The molecule has 0 aliphatic heterocycles. The van der Waals surface area contributed by atoms with E-state index in [1.165, 1.54) is 12.4 Å². The summed E-state index contributed by atoms with van der Waals surface area (Å²) in [7, 11) is 3.19. The first-order chi connectivity index (χ1) is 17.6. The van der Waals surface area contributed by atoms with Gasteiger partial charge in [-0.05, 0) is 48.5 Å². The molecule has 182 valence electrons. The summed E-state index contributed by atoms with van der Waals surface area (Å²) >= 11 is 0. The van der Waals surface area contributed by atoms with Crippen LogP contribution in [0, 0.1) is 10.4 Å². The normalized spacial score (nSPS) is 13.6. The fourth-order valence-corrected chi connectivity index (χ4v) is 4.07. The summed E-state index contributed by atoms with van der Waals surface area (Å²) in [5.41, 5.74) is 2.87. The molecule has 0 spiro atoms. The van der Waals surface area contributed by atoms with Crippen molar-refractivity contribution in [3.05, 3.63) is 142 Å². The quantitative estimate of drug-likeness (QED) is 0.132. The SMILES string of the molecule is COc1ccc(/C=[N+](\[O-])[C@@H](c2ccccc2)[C@H](c2ccccc2)/[N+]([O-])=C/c2ccc(OC)cc2)cc1. The predicted octanol–water partition coefficient (Wildman–Crippen LogP) is 5.75. The van der Waals surface area contributed by atoms with E-state index >= 15 is 0 Å². The zero-order chi connectivity index (χ0) is 25.3. The molecule has 4 rings (SSSR count). The van der Waals surface area contributed by atoms with Crippen LogP contribution in [0.3, 0.4) is 0 Å². The molecular formula is C30H28N2O4. The Bertz CT molecular complexity index is 1200. The third-order valence-electron chi connectivity index (χ3n) is 5.91. The lowest BCUT2D eigenvalue weighted by Crippen LogP contribution is -2.29. The van der Waals surface area contributed by atoms with Gasteiger partial charge in [-0.25, -0.2) is 0 Å². The molecule has 0 radical (unpaired) electrons. The average Bonchev–Trinajstić information content (AvgIpc) is 2.93. The van der Waals surface area contributed by atoms with Crippen LogP contribution in [-0.4, -0.2) is 36.1 Å². The summed E-state index contributed by atoms with van der Waals surface area (Å²) in [6.07, 6.45) is 3.02. The van der Waals surface area contributed by atoms with Crippen LogP contribution in [-0.2, 0) is 0 Å². The van der Waals surface area contributed by atoms with Crippen LogP contribution >= 0.6 is 0 Å². The lowest BCUT2D eigenvalue weighted by atomic mass is 9.93. The molecule has 4 aromatic carbocycles. The van der Waals surface area contributed by atoms with Gasteiger partial charge in [-0.3, -0.25) is 0 Å². The molecule has 0 saturated heterocycles. The number of ether oxygens (including phenoxy) is 2. The molecule has 6 heteroatoms. The highest BCUT2D eigenvalue weighted by molar-refractivity contribution is 5.76. The van der Waals surface area contributed by atoms with Crippen LogP contribution in [0.2, 0.25) is 0 Å². The summed E-state index contributed by atoms with van der Waals surface area (Å²) in [5.74, 6) is 1.40. The Balaban J connectivity index is 1.83. The molecule has 6 nitrogen and oxygen atoms in total. The standard InChI is InChI=1S/C30H28N2O4/c1-35-27-17-13-23(14-18-27)21-31(33)29(25-9-5-3-6-10-25)30(26-11-7-4-8-12-26)32(34)22-24-15-19-28(36-2)20-16-24/h3-22,29-30H,1-2H3/b31-21-,32-22-/t29-,30-/m0/s1. The summed E-state index contributed by atoms with van der Waals surface area (Å²) in [6, 6.07) is 31.5. The van der Waals surface area contributed by atoms with Crippen molar-refractivity contribution in [1.82, 2.24) is 0 Å². The molecule has 0 aromatic heterocycles. The fraction of sp³-hybridized carbons (Fsp3) is 0.133. The molecule has 0 saturated carbocycles. The largest absolute Gasteiger partial charge is 0.623 e. The molecule has 4 aromatic rings. The second kappa shape index (κ2) is 11.7. The highest BCUT2D eigenvalue weighted by Crippen LogP contribution is 2.34. The molecule has 36 heavy (non-hydrogen) atoms. The van der Waals surface area contributed by atoms with Crippen molar-refractivity contribution in [2.45, 2.75) is 12.1 Å². The van der Waals surface area contributed by atoms with E-state index in [4.69, 9.17) is 9.47 Å². The highest BCUT2D eigenvalue weighted by atomic mass is 16.5. The Morgan fingerprint density at radius 3 is 1.17 bits per heavy atom. The second-order valence-electron chi connectivity index (χ2n) is 8.24. The summed E-state index contributed by atoms with van der Waals surface area (Å²) in [6.45, 7) is 0. The maximum Gasteiger partial charge on any atom is 0.254 e. The fourth-order valence-electron chi connectivity index (χ4n) is 4.07. The van der Waals surface area contributed by atoms with Gasteiger partial charge in [0.25, 0.3) is 12.1 Å². The van der Waals surface area contributed by atoms with Gasteiger partial charge in [-0.2, -0.15) is 9.48 Å². The van der Waals surface area contributed by atoms with Gasteiger partial charge in [0.2, 0.25) is 0 Å². The van der Waals surface area contributed by atoms with E-state index in [0.29, 0.717) is 22.6 Å². The summed E-state index contributed by atoms with van der Waals surface area (Å²) in [5, 5.41) is 27.5. The van der Waals surface area contributed by atoms with Crippen molar-refractivity contribution in [3.8, 4) is 11.5 Å². The predicted molar refractivity (Wildman–Crippen MR) is 142 cm³/mol. The first-order valence-electron chi connectivity index (χ1n) is 11.6. The van der Waals surface area contributed by atoms with Crippen molar-refractivity contribution < 1.29 is 19.0 Å². The molecule has 0 N–H and O–H groups in total. The summed E-state index contributed by atoms with van der Waals surface area (Å²) in [4.78, 5) is 0. The van der Waals surface area contributed by atoms with Gasteiger partial charge in [0.15, 0.2) is 12.4 Å². The van der Waals surface area contributed by atoms with Crippen LogP contribution in [0.25, 0.3) is 0 Å². The van der Waals surface area contributed by atoms with Gasteiger partial charge >= 0.3 is 0 Å². The van der Waals surface area contributed by atoms with Gasteiger partial charge < -0.3 is 19.9 Å². The van der Waals surface area contributed by atoms with Crippen molar-refractivity contribution in [2.24, 2.45) is 0 Å². The Kier molecular flexibility index (Phi) is 7.98. The Labute approximate surface area is 211 Å². The van der Waals surface area contributed by atoms with Crippen LogP contribution in [0.1, 0.15) is 34.3 Å². The molecule has 0 amide bonds. The van der Waals surface area contributed by atoms with Crippen molar-refractivity contribution in [1.29, 1.82) is 0 Å². The van der Waals surface area contributed by atoms with Gasteiger partial charge in [0.05, 0.1) is 14.2 Å². The van der Waals surface area contributed by atoms with E-state index in [-0.39, 0.29) is 0 Å². The minimum atomic E-state index is -0.817. The average molecular weight is 481 g/mol. The third kappa shape index (κ3) is 5.91. The number of hydrogen-bond donors (Lipinski definition) is 0. The molecule has 2 atom stereocenters. The van der Waals surface area contributed by atoms with Crippen LogP contribution < -0.4 is 9.47 Å². The monoisotopic (exact) mass is 480 g/mol. The Morgan fingerprint density at radius 1 is 0.528 bits per heavy atom. The number of nitrogens with zero attached hydrogens (tertiary/aromatic N) is 2. The lowest BCUT2D eigenvalue weighted by Gasteiger charge is -2.25. The van der Waals surface area contributed by atoms with Crippen molar-refractivity contribution in [3.63, 3.8) is 0 Å². The first kappa shape index (κ1) is 24.5. The summed E-state index contributed by atoms with van der Waals surface area (Å²) < 4.78 is 12.2. The maximum absolute atomic E-state index is 13.8. The number of hydroxylamine groups is 2. The van der Waals surface area contributed by atoms with Gasteiger partial charge in [0.1, 0.15) is 11.5 Å². The van der Waals surface area contributed by atoms with E-state index in [0.717, 1.165) is 20.6 Å². The number of methoxy groups -OCH3 is 2. The zero-order valence-corrected chi connectivity index (χ0v) is 20.2. The van der Waals surface area contributed by atoms with E-state index in [1.54, 1.807) is 38.5 Å². The molecule has 0 unspecified atom stereocenters. The van der Waals surface area contributed by atoms with E-state index in [9.17, 15) is 10.4 Å². The van der Waals surface area contributed by atoms with Crippen LogP contribution in [0.5, 0.6) is 11.5 Å². The Morgan fingerprint density at radius 2 is 0.861 bits per heavy atom. The first-order valence-corrected chi connectivity index (χ1v) is 11.6. The maximum atomic E-state index is 13.8. The van der Waals surface area contributed by atoms with Crippen LogP contribution in [0.15, 0.2) is 109 Å². The number of benzene rings is 4. The minimum Gasteiger partial charge on any atom is -0.623 e. The van der Waals surface area contributed by atoms with Gasteiger partial charge in [-0.15, -0.1) is 0 Å².